The van der Waals surface area contributed by atoms with Gasteiger partial charge in [-0.05, 0) is 39.1 Å². The first-order chi connectivity index (χ1) is 10.1. The number of carbonyl (C=O) groups is 2. The van der Waals surface area contributed by atoms with Crippen LogP contribution in [0.1, 0.15) is 29.6 Å². The molecular formula is C17H24N2O2. The van der Waals surface area contributed by atoms with Crippen LogP contribution in [-0.2, 0) is 4.79 Å². The predicted octanol–water partition coefficient (Wildman–Crippen LogP) is 2.06. The first-order valence-corrected chi connectivity index (χ1v) is 7.59. The molecule has 1 amide bonds. The molecule has 1 aliphatic rings. The van der Waals surface area contributed by atoms with Crippen molar-refractivity contribution in [2.24, 2.45) is 5.92 Å². The van der Waals surface area contributed by atoms with Gasteiger partial charge in [-0.2, -0.15) is 0 Å². The monoisotopic (exact) mass is 288 g/mol. The summed E-state index contributed by atoms with van der Waals surface area (Å²) in [4.78, 5) is 28.3. The number of amides is 1. The van der Waals surface area contributed by atoms with Gasteiger partial charge in [0.2, 0.25) is 0 Å². The summed E-state index contributed by atoms with van der Waals surface area (Å²) >= 11 is 0. The summed E-state index contributed by atoms with van der Waals surface area (Å²) in [6.45, 7) is 2.18. The summed E-state index contributed by atoms with van der Waals surface area (Å²) in [5, 5.41) is 0. The van der Waals surface area contributed by atoms with Gasteiger partial charge in [-0.1, -0.05) is 18.2 Å². The van der Waals surface area contributed by atoms with Gasteiger partial charge in [-0.25, -0.2) is 0 Å². The molecule has 1 heterocycles. The van der Waals surface area contributed by atoms with Crippen LogP contribution in [0.15, 0.2) is 30.3 Å². The van der Waals surface area contributed by atoms with Crippen LogP contribution in [0.3, 0.4) is 0 Å². The molecule has 1 aromatic carbocycles. The van der Waals surface area contributed by atoms with E-state index in [0.29, 0.717) is 25.3 Å². The van der Waals surface area contributed by atoms with E-state index in [4.69, 9.17) is 0 Å². The van der Waals surface area contributed by atoms with Crippen LogP contribution < -0.4 is 0 Å². The Kier molecular flexibility index (Phi) is 5.51. The minimum absolute atomic E-state index is 0.0785. The number of rotatable bonds is 5. The van der Waals surface area contributed by atoms with Crippen LogP contribution in [-0.4, -0.2) is 55.2 Å². The summed E-state index contributed by atoms with van der Waals surface area (Å²) in [5.74, 6) is 0.551. The molecule has 0 spiro atoms. The van der Waals surface area contributed by atoms with Gasteiger partial charge in [0.15, 0.2) is 0 Å². The van der Waals surface area contributed by atoms with E-state index in [2.05, 4.69) is 0 Å². The molecule has 2 rings (SSSR count). The number of carbonyl (C=O) groups excluding carboxylic acids is 2. The van der Waals surface area contributed by atoms with E-state index in [-0.39, 0.29) is 11.8 Å². The van der Waals surface area contributed by atoms with Crippen LogP contribution >= 0.6 is 0 Å². The van der Waals surface area contributed by atoms with Crippen molar-refractivity contribution in [3.63, 3.8) is 0 Å². The van der Waals surface area contributed by atoms with Gasteiger partial charge in [0, 0.05) is 37.5 Å². The molecule has 4 heteroatoms. The summed E-state index contributed by atoms with van der Waals surface area (Å²) in [5.41, 5.74) is 0.731. The Balaban J connectivity index is 1.83. The molecule has 0 atom stereocenters. The lowest BCUT2D eigenvalue weighted by Gasteiger charge is -2.31. The molecule has 1 saturated heterocycles. The molecule has 1 fully saturated rings. The predicted molar refractivity (Wildman–Crippen MR) is 83.2 cm³/mol. The zero-order chi connectivity index (χ0) is 15.2. The fourth-order valence-corrected chi connectivity index (χ4v) is 2.71. The smallest absolute Gasteiger partial charge is 0.253 e. The number of likely N-dealkylation sites (tertiary alicyclic amines) is 1. The molecule has 4 nitrogen and oxygen atoms in total. The SMILES string of the molecule is CN(C)CCC(=O)C1CCN(C(=O)c2ccccc2)CC1. The third-order valence-electron chi connectivity index (χ3n) is 4.06. The third kappa shape index (κ3) is 4.39. The highest BCUT2D eigenvalue weighted by molar-refractivity contribution is 5.94. The molecule has 0 N–H and O–H groups in total. The first-order valence-electron chi connectivity index (χ1n) is 7.59. The zero-order valence-corrected chi connectivity index (χ0v) is 12.9. The highest BCUT2D eigenvalue weighted by Gasteiger charge is 2.27. The van der Waals surface area contributed by atoms with Crippen LogP contribution in [0.2, 0.25) is 0 Å². The highest BCUT2D eigenvalue weighted by Crippen LogP contribution is 2.21. The topological polar surface area (TPSA) is 40.6 Å². The third-order valence-corrected chi connectivity index (χ3v) is 4.06. The Morgan fingerprint density at radius 3 is 2.33 bits per heavy atom. The Labute approximate surface area is 126 Å². The van der Waals surface area contributed by atoms with Gasteiger partial charge in [0.25, 0.3) is 5.91 Å². The van der Waals surface area contributed by atoms with E-state index in [9.17, 15) is 9.59 Å². The molecule has 0 saturated carbocycles. The Bertz CT molecular complexity index is 477. The molecule has 1 aliphatic heterocycles. The molecule has 114 valence electrons. The number of Topliss-reactive ketones (excluding diaryl/α,β-unsaturated/α-hetero) is 1. The lowest BCUT2D eigenvalue weighted by molar-refractivity contribution is -0.124. The largest absolute Gasteiger partial charge is 0.339 e. The van der Waals surface area contributed by atoms with Crippen LogP contribution in [0.25, 0.3) is 0 Å². The Morgan fingerprint density at radius 2 is 1.76 bits per heavy atom. The van der Waals surface area contributed by atoms with Crippen molar-refractivity contribution >= 4 is 11.7 Å². The van der Waals surface area contributed by atoms with E-state index >= 15 is 0 Å². The van der Waals surface area contributed by atoms with Gasteiger partial charge in [0.1, 0.15) is 5.78 Å². The first kappa shape index (κ1) is 15.7. The molecule has 21 heavy (non-hydrogen) atoms. The molecule has 1 aromatic rings. The average Bonchev–Trinajstić information content (AvgIpc) is 2.53. The fraction of sp³-hybridized carbons (Fsp3) is 0.529. The molecule has 0 unspecified atom stereocenters. The second kappa shape index (κ2) is 7.36. The summed E-state index contributed by atoms with van der Waals surface area (Å²) in [6, 6.07) is 9.36. The van der Waals surface area contributed by atoms with Crippen molar-refractivity contribution in [1.29, 1.82) is 0 Å². The highest BCUT2D eigenvalue weighted by atomic mass is 16.2. The van der Waals surface area contributed by atoms with E-state index in [1.807, 2.05) is 54.2 Å². The number of benzene rings is 1. The quantitative estimate of drug-likeness (QED) is 0.832. The minimum Gasteiger partial charge on any atom is -0.339 e. The summed E-state index contributed by atoms with van der Waals surface area (Å²) in [7, 11) is 3.96. The van der Waals surface area contributed by atoms with Gasteiger partial charge < -0.3 is 9.80 Å². The molecule has 0 bridgehead atoms. The van der Waals surface area contributed by atoms with E-state index in [1.165, 1.54) is 0 Å². The van der Waals surface area contributed by atoms with Gasteiger partial charge in [0.05, 0.1) is 0 Å². The number of nitrogens with zero attached hydrogens (tertiary/aromatic N) is 2. The maximum absolute atomic E-state index is 12.3. The minimum atomic E-state index is 0.0785. The second-order valence-electron chi connectivity index (χ2n) is 5.95. The fourth-order valence-electron chi connectivity index (χ4n) is 2.71. The van der Waals surface area contributed by atoms with Crippen molar-refractivity contribution in [2.75, 3.05) is 33.7 Å². The maximum atomic E-state index is 12.3. The zero-order valence-electron chi connectivity index (χ0n) is 12.9. The summed E-state index contributed by atoms with van der Waals surface area (Å²) in [6.07, 6.45) is 2.21. The van der Waals surface area contributed by atoms with Crippen molar-refractivity contribution in [1.82, 2.24) is 9.80 Å². The Hall–Kier alpha value is -1.68. The number of piperidine rings is 1. The maximum Gasteiger partial charge on any atom is 0.253 e. The molecular weight excluding hydrogens is 264 g/mol. The normalized spacial score (nSPS) is 16.2. The van der Waals surface area contributed by atoms with Crippen LogP contribution in [0.4, 0.5) is 0 Å². The van der Waals surface area contributed by atoms with Crippen LogP contribution in [0, 0.1) is 5.92 Å². The van der Waals surface area contributed by atoms with Crippen molar-refractivity contribution in [3.8, 4) is 0 Å². The van der Waals surface area contributed by atoms with E-state index in [1.54, 1.807) is 0 Å². The standard InChI is InChI=1S/C17H24N2O2/c1-18(2)11-10-16(20)14-8-12-19(13-9-14)17(21)15-6-4-3-5-7-15/h3-7,14H,8-13H2,1-2H3. The second-order valence-corrected chi connectivity index (χ2v) is 5.95. The lowest BCUT2D eigenvalue weighted by atomic mass is 9.90. The lowest BCUT2D eigenvalue weighted by Crippen LogP contribution is -2.40. The number of ketones is 1. The Morgan fingerprint density at radius 1 is 1.14 bits per heavy atom. The van der Waals surface area contributed by atoms with E-state index in [0.717, 1.165) is 24.9 Å². The van der Waals surface area contributed by atoms with Crippen LogP contribution in [0.5, 0.6) is 0 Å². The molecule has 0 aliphatic carbocycles. The van der Waals surface area contributed by atoms with Crippen molar-refractivity contribution in [2.45, 2.75) is 19.3 Å². The average molecular weight is 288 g/mol. The summed E-state index contributed by atoms with van der Waals surface area (Å²) < 4.78 is 0. The van der Waals surface area contributed by atoms with Gasteiger partial charge in [-0.3, -0.25) is 9.59 Å². The van der Waals surface area contributed by atoms with Gasteiger partial charge >= 0.3 is 0 Å². The van der Waals surface area contributed by atoms with Crippen molar-refractivity contribution in [3.05, 3.63) is 35.9 Å². The molecule has 0 radical (unpaired) electrons. The molecule has 0 aromatic heterocycles. The number of hydrogen-bond donors (Lipinski definition) is 0. The van der Waals surface area contributed by atoms with E-state index < -0.39 is 0 Å². The van der Waals surface area contributed by atoms with Crippen molar-refractivity contribution < 1.29 is 9.59 Å². The van der Waals surface area contributed by atoms with Gasteiger partial charge in [-0.15, -0.1) is 0 Å². The number of hydrogen-bond acceptors (Lipinski definition) is 3.